The zero-order chi connectivity index (χ0) is 11.7. The maximum atomic E-state index is 13.8. The number of halogens is 1. The molecule has 4 heteroatoms. The second-order valence-corrected chi connectivity index (χ2v) is 4.45. The van der Waals surface area contributed by atoms with Gasteiger partial charge in [0.2, 0.25) is 0 Å². The fourth-order valence-corrected chi connectivity index (χ4v) is 2.35. The molecule has 1 aliphatic rings. The van der Waals surface area contributed by atoms with E-state index >= 15 is 0 Å². The van der Waals surface area contributed by atoms with Crippen molar-refractivity contribution in [2.24, 2.45) is 5.90 Å². The largest absolute Gasteiger partial charge is 0.368 e. The molecule has 0 spiro atoms. The number of hydrogen-bond acceptors (Lipinski definition) is 3. The van der Waals surface area contributed by atoms with Crippen molar-refractivity contribution in [2.45, 2.75) is 25.8 Å². The summed E-state index contributed by atoms with van der Waals surface area (Å²) in [7, 11) is 0. The first-order valence-electron chi connectivity index (χ1n) is 5.52. The molecule has 3 nitrogen and oxygen atoms in total. The average Bonchev–Trinajstić information content (AvgIpc) is 2.59. The molecular formula is C12H17FN2O. The quantitative estimate of drug-likeness (QED) is 0.798. The highest BCUT2D eigenvalue weighted by molar-refractivity contribution is 5.61. The Labute approximate surface area is 94.9 Å². The summed E-state index contributed by atoms with van der Waals surface area (Å²) >= 11 is 0. The second kappa shape index (κ2) is 4.39. The van der Waals surface area contributed by atoms with Crippen LogP contribution in [0, 0.1) is 5.82 Å². The van der Waals surface area contributed by atoms with Crippen molar-refractivity contribution in [1.82, 2.24) is 0 Å². The van der Waals surface area contributed by atoms with Crippen LogP contribution in [-0.2, 0) is 4.84 Å². The van der Waals surface area contributed by atoms with Crippen molar-refractivity contribution in [2.75, 3.05) is 18.1 Å². The first-order valence-corrected chi connectivity index (χ1v) is 5.52. The minimum absolute atomic E-state index is 0.0311. The van der Waals surface area contributed by atoms with Gasteiger partial charge >= 0.3 is 0 Å². The lowest BCUT2D eigenvalue weighted by atomic mass is 10.0. The Morgan fingerprint density at radius 3 is 2.94 bits per heavy atom. The molecule has 2 N–H and O–H groups in total. The van der Waals surface area contributed by atoms with Gasteiger partial charge in [-0.1, -0.05) is 6.07 Å². The molecule has 1 aromatic rings. The van der Waals surface area contributed by atoms with Crippen LogP contribution in [0.2, 0.25) is 0 Å². The van der Waals surface area contributed by atoms with Crippen molar-refractivity contribution >= 4 is 5.69 Å². The Balaban J connectivity index is 2.40. The molecule has 0 radical (unpaired) electrons. The van der Waals surface area contributed by atoms with E-state index in [2.05, 4.69) is 23.6 Å². The monoisotopic (exact) mass is 224 g/mol. The van der Waals surface area contributed by atoms with Crippen molar-refractivity contribution < 1.29 is 9.23 Å². The minimum Gasteiger partial charge on any atom is -0.368 e. The Hall–Kier alpha value is -1.13. The third-order valence-corrected chi connectivity index (χ3v) is 3.09. The molecule has 1 aromatic carbocycles. The highest BCUT2D eigenvalue weighted by Gasteiger charge is 2.32. The summed E-state index contributed by atoms with van der Waals surface area (Å²) in [5.41, 5.74) is 1.71. The zero-order valence-electron chi connectivity index (χ0n) is 9.61. The van der Waals surface area contributed by atoms with Gasteiger partial charge < -0.3 is 9.74 Å². The zero-order valence-corrected chi connectivity index (χ0v) is 9.61. The topological polar surface area (TPSA) is 38.5 Å². The molecule has 2 rings (SSSR count). The van der Waals surface area contributed by atoms with Gasteiger partial charge in [0.15, 0.2) is 0 Å². The molecule has 1 unspecified atom stereocenters. The van der Waals surface area contributed by atoms with Crippen molar-refractivity contribution in [3.8, 4) is 0 Å². The van der Waals surface area contributed by atoms with Crippen LogP contribution >= 0.6 is 0 Å². The maximum Gasteiger partial charge on any atom is 0.128 e. The van der Waals surface area contributed by atoms with E-state index in [0.717, 1.165) is 17.8 Å². The van der Waals surface area contributed by atoms with E-state index in [1.165, 1.54) is 6.07 Å². The number of benzene rings is 1. The number of nitrogens with two attached hydrogens (primary N) is 1. The number of hydrogen-bond donors (Lipinski definition) is 1. The van der Waals surface area contributed by atoms with E-state index in [1.807, 2.05) is 6.07 Å². The normalized spacial score (nSPS) is 19.3. The molecule has 0 fully saturated rings. The first kappa shape index (κ1) is 11.4. The Bertz CT molecular complexity index is 381. The lowest BCUT2D eigenvalue weighted by Gasteiger charge is -2.24. The molecule has 0 saturated heterocycles. The second-order valence-electron chi connectivity index (χ2n) is 4.45. The molecule has 1 heterocycles. The summed E-state index contributed by atoms with van der Waals surface area (Å²) in [4.78, 5) is 6.85. The number of rotatable bonds is 3. The highest BCUT2D eigenvalue weighted by atomic mass is 19.1. The van der Waals surface area contributed by atoms with Crippen LogP contribution < -0.4 is 10.8 Å². The van der Waals surface area contributed by atoms with Gasteiger partial charge in [-0.3, -0.25) is 0 Å². The standard InChI is InChI=1S/C12H17FN2O/c1-8(2)15-6-9(7-16-14)12-10(13)4-3-5-11(12)15/h3-5,8-9H,6-7,14H2,1-2H3. The van der Waals surface area contributed by atoms with E-state index in [4.69, 9.17) is 5.90 Å². The van der Waals surface area contributed by atoms with Crippen molar-refractivity contribution in [3.05, 3.63) is 29.6 Å². The lowest BCUT2D eigenvalue weighted by Crippen LogP contribution is -2.30. The fourth-order valence-electron chi connectivity index (χ4n) is 2.35. The van der Waals surface area contributed by atoms with Crippen LogP contribution in [-0.4, -0.2) is 19.2 Å². The molecule has 1 aliphatic heterocycles. The van der Waals surface area contributed by atoms with E-state index in [-0.39, 0.29) is 11.7 Å². The van der Waals surface area contributed by atoms with Crippen molar-refractivity contribution in [1.29, 1.82) is 0 Å². The van der Waals surface area contributed by atoms with Crippen LogP contribution in [0.3, 0.4) is 0 Å². The van der Waals surface area contributed by atoms with Crippen LogP contribution in [0.25, 0.3) is 0 Å². The van der Waals surface area contributed by atoms with Gasteiger partial charge in [-0.25, -0.2) is 10.3 Å². The van der Waals surface area contributed by atoms with Crippen LogP contribution in [0.5, 0.6) is 0 Å². The van der Waals surface area contributed by atoms with Crippen LogP contribution in [0.1, 0.15) is 25.3 Å². The number of anilines is 1. The maximum absolute atomic E-state index is 13.8. The van der Waals surface area contributed by atoms with E-state index in [1.54, 1.807) is 6.07 Å². The Morgan fingerprint density at radius 1 is 1.56 bits per heavy atom. The number of fused-ring (bicyclic) bond motifs is 1. The summed E-state index contributed by atoms with van der Waals surface area (Å²) in [6.07, 6.45) is 0. The summed E-state index contributed by atoms with van der Waals surface area (Å²) in [6.45, 7) is 5.32. The third-order valence-electron chi connectivity index (χ3n) is 3.09. The number of nitrogens with zero attached hydrogens (tertiary/aromatic N) is 1. The van der Waals surface area contributed by atoms with E-state index in [0.29, 0.717) is 12.6 Å². The molecule has 0 aliphatic carbocycles. The van der Waals surface area contributed by atoms with E-state index in [9.17, 15) is 4.39 Å². The third kappa shape index (κ3) is 1.79. The molecule has 0 bridgehead atoms. The van der Waals surface area contributed by atoms with Gasteiger partial charge in [-0.15, -0.1) is 0 Å². The van der Waals surface area contributed by atoms with Gasteiger partial charge in [-0.2, -0.15) is 0 Å². The molecule has 16 heavy (non-hydrogen) atoms. The molecule has 0 aromatic heterocycles. The van der Waals surface area contributed by atoms with Gasteiger partial charge in [-0.05, 0) is 26.0 Å². The summed E-state index contributed by atoms with van der Waals surface area (Å²) < 4.78 is 13.8. The Morgan fingerprint density at radius 2 is 2.31 bits per heavy atom. The highest BCUT2D eigenvalue weighted by Crippen LogP contribution is 2.38. The van der Waals surface area contributed by atoms with Gasteiger partial charge in [0.05, 0.1) is 6.61 Å². The minimum atomic E-state index is -0.164. The molecule has 0 saturated carbocycles. The lowest BCUT2D eigenvalue weighted by molar-refractivity contribution is 0.125. The van der Waals surface area contributed by atoms with Crippen LogP contribution in [0.4, 0.5) is 10.1 Å². The molecule has 88 valence electrons. The summed E-state index contributed by atoms with van der Waals surface area (Å²) in [5.74, 6) is 4.96. The fraction of sp³-hybridized carbons (Fsp3) is 0.500. The van der Waals surface area contributed by atoms with Gasteiger partial charge in [0.25, 0.3) is 0 Å². The Kier molecular flexibility index (Phi) is 3.12. The van der Waals surface area contributed by atoms with Crippen LogP contribution in [0.15, 0.2) is 18.2 Å². The smallest absolute Gasteiger partial charge is 0.128 e. The molecule has 1 atom stereocenters. The van der Waals surface area contributed by atoms with E-state index < -0.39 is 0 Å². The predicted molar refractivity (Wildman–Crippen MR) is 61.8 cm³/mol. The van der Waals surface area contributed by atoms with Gasteiger partial charge in [0, 0.05) is 29.8 Å². The SMILES string of the molecule is CC(C)N1CC(CON)c2c(F)cccc21. The van der Waals surface area contributed by atoms with Gasteiger partial charge in [0.1, 0.15) is 5.82 Å². The summed E-state index contributed by atoms with van der Waals surface area (Å²) in [6, 6.07) is 5.54. The predicted octanol–water partition coefficient (Wildman–Crippen LogP) is 2.03. The molecular weight excluding hydrogens is 207 g/mol. The van der Waals surface area contributed by atoms with Crippen molar-refractivity contribution in [3.63, 3.8) is 0 Å². The molecule has 0 amide bonds. The summed E-state index contributed by atoms with van der Waals surface area (Å²) in [5, 5.41) is 0. The first-order chi connectivity index (χ1) is 7.65. The average molecular weight is 224 g/mol.